The Bertz CT molecular complexity index is 1270. The van der Waals surface area contributed by atoms with Crippen LogP contribution in [0, 0.1) is 0 Å². The molecule has 1 aliphatic heterocycles. The summed E-state index contributed by atoms with van der Waals surface area (Å²) in [6.45, 7) is 1.10. The second-order valence-electron chi connectivity index (χ2n) is 7.71. The number of likely N-dealkylation sites (N-methyl/N-ethyl adjacent to an activating group) is 1. The fourth-order valence-corrected chi connectivity index (χ4v) is 4.73. The van der Waals surface area contributed by atoms with Crippen molar-refractivity contribution >= 4 is 22.6 Å². The molecule has 0 radical (unpaired) electrons. The molecule has 3 aromatic rings. The number of methoxy groups -OCH3 is 2. The van der Waals surface area contributed by atoms with E-state index in [1.807, 2.05) is 19.2 Å². The number of rotatable bonds is 6. The highest BCUT2D eigenvalue weighted by Crippen LogP contribution is 2.45. The lowest BCUT2D eigenvalue weighted by Crippen LogP contribution is -2.31. The summed E-state index contributed by atoms with van der Waals surface area (Å²) in [5.41, 5.74) is 10.4. The number of ether oxygens (including phenoxy) is 2. The number of halogens is 1. The largest absolute Gasteiger partial charge is 0.496 e. The lowest BCUT2D eigenvalue weighted by Gasteiger charge is -2.26. The summed E-state index contributed by atoms with van der Waals surface area (Å²) in [7, 11) is 5.06. The Hall–Kier alpha value is -3.19. The molecule has 9 heteroatoms. The van der Waals surface area contributed by atoms with Crippen molar-refractivity contribution in [2.75, 3.05) is 34.4 Å². The molecule has 0 bridgehead atoms. The first-order valence-corrected chi connectivity index (χ1v) is 10.6. The van der Waals surface area contributed by atoms with Gasteiger partial charge in [-0.15, -0.1) is 0 Å². The fraction of sp³-hybridized carbons (Fsp3) is 0.348. The number of likely N-dealkylation sites (tertiary alicyclic amines) is 1. The maximum Gasteiger partial charge on any atom is 0.197 e. The van der Waals surface area contributed by atoms with E-state index in [9.17, 15) is 4.79 Å². The Balaban J connectivity index is 2.04. The van der Waals surface area contributed by atoms with Gasteiger partial charge >= 0.3 is 0 Å². The average molecular weight is 455 g/mol. The van der Waals surface area contributed by atoms with Gasteiger partial charge < -0.3 is 18.8 Å². The molecule has 2 aromatic carbocycles. The topological polar surface area (TPSA) is 101 Å². The van der Waals surface area contributed by atoms with E-state index in [1.165, 1.54) is 13.2 Å². The van der Waals surface area contributed by atoms with Gasteiger partial charge in [-0.05, 0) is 37.7 Å². The van der Waals surface area contributed by atoms with Crippen molar-refractivity contribution in [1.82, 2.24) is 4.90 Å². The molecule has 166 valence electrons. The summed E-state index contributed by atoms with van der Waals surface area (Å²) >= 11 is 6.38. The number of azide groups is 1. The van der Waals surface area contributed by atoms with Gasteiger partial charge in [-0.2, -0.15) is 0 Å². The molecule has 4 rings (SSSR count). The zero-order valence-corrected chi connectivity index (χ0v) is 18.8. The lowest BCUT2D eigenvalue weighted by atomic mass is 9.89. The zero-order valence-electron chi connectivity index (χ0n) is 18.0. The van der Waals surface area contributed by atoms with Crippen LogP contribution >= 0.6 is 11.6 Å². The molecular formula is C23H23ClN4O4. The Labute approximate surface area is 189 Å². The third-order valence-electron chi connectivity index (χ3n) is 6.07. The van der Waals surface area contributed by atoms with Crippen molar-refractivity contribution in [3.63, 3.8) is 0 Å². The van der Waals surface area contributed by atoms with Crippen molar-refractivity contribution in [1.29, 1.82) is 0 Å². The quantitative estimate of drug-likeness (QED) is 0.288. The van der Waals surface area contributed by atoms with Crippen LogP contribution in [-0.4, -0.2) is 45.3 Å². The molecule has 1 saturated heterocycles. The molecule has 8 nitrogen and oxygen atoms in total. The standard InChI is InChI=1S/C23H23ClN4O4/c1-28-9-8-14(16(28)12-26-27-25)21-19(30-2)11-20(31-3)22-17(29)10-18(32-23(21)22)13-6-4-5-7-15(13)24/h4-7,10-11,14,16H,8-9,12H2,1-3H3. The molecule has 0 aliphatic carbocycles. The number of hydrogen-bond acceptors (Lipinski definition) is 6. The van der Waals surface area contributed by atoms with Crippen LogP contribution in [0.5, 0.6) is 11.5 Å². The molecule has 32 heavy (non-hydrogen) atoms. The van der Waals surface area contributed by atoms with Crippen LogP contribution in [0.1, 0.15) is 17.9 Å². The summed E-state index contributed by atoms with van der Waals surface area (Å²) < 4.78 is 17.6. The molecule has 0 spiro atoms. The van der Waals surface area contributed by atoms with E-state index in [0.717, 1.165) is 18.5 Å². The molecule has 0 amide bonds. The molecule has 2 atom stereocenters. The lowest BCUT2D eigenvalue weighted by molar-refractivity contribution is 0.300. The predicted molar refractivity (Wildman–Crippen MR) is 124 cm³/mol. The van der Waals surface area contributed by atoms with Gasteiger partial charge in [0.25, 0.3) is 0 Å². The van der Waals surface area contributed by atoms with Crippen molar-refractivity contribution in [2.45, 2.75) is 18.4 Å². The van der Waals surface area contributed by atoms with Crippen LogP contribution in [0.25, 0.3) is 32.7 Å². The smallest absolute Gasteiger partial charge is 0.197 e. The van der Waals surface area contributed by atoms with E-state index < -0.39 is 0 Å². The Morgan fingerprint density at radius 2 is 2.00 bits per heavy atom. The van der Waals surface area contributed by atoms with E-state index in [-0.39, 0.29) is 17.4 Å². The minimum absolute atomic E-state index is 0.0642. The van der Waals surface area contributed by atoms with Crippen molar-refractivity contribution in [3.05, 3.63) is 67.7 Å². The van der Waals surface area contributed by atoms with Gasteiger partial charge in [0.1, 0.15) is 28.2 Å². The molecule has 0 N–H and O–H groups in total. The number of fused-ring (bicyclic) bond motifs is 1. The summed E-state index contributed by atoms with van der Waals surface area (Å²) in [5, 5.41) is 4.63. The third-order valence-corrected chi connectivity index (χ3v) is 6.40. The summed E-state index contributed by atoms with van der Waals surface area (Å²) in [4.78, 5) is 18.3. The minimum atomic E-state index is -0.236. The van der Waals surface area contributed by atoms with Gasteiger partial charge in [0.05, 0.1) is 19.2 Å². The Morgan fingerprint density at radius 3 is 2.69 bits per heavy atom. The second-order valence-corrected chi connectivity index (χ2v) is 8.12. The minimum Gasteiger partial charge on any atom is -0.496 e. The number of hydrogen-bond donors (Lipinski definition) is 0. The first kappa shape index (κ1) is 22.0. The summed E-state index contributed by atoms with van der Waals surface area (Å²) in [5.74, 6) is 1.22. The summed E-state index contributed by atoms with van der Waals surface area (Å²) in [6, 6.07) is 10.3. The molecular weight excluding hydrogens is 432 g/mol. The van der Waals surface area contributed by atoms with E-state index >= 15 is 0 Å². The Kier molecular flexibility index (Phi) is 6.28. The van der Waals surface area contributed by atoms with Gasteiger partial charge in [0.15, 0.2) is 5.43 Å². The average Bonchev–Trinajstić information content (AvgIpc) is 3.16. The highest BCUT2D eigenvalue weighted by atomic mass is 35.5. The van der Waals surface area contributed by atoms with Gasteiger partial charge in [0, 0.05) is 46.7 Å². The first-order valence-electron chi connectivity index (χ1n) is 10.2. The van der Waals surface area contributed by atoms with Crippen LogP contribution in [0.4, 0.5) is 0 Å². The van der Waals surface area contributed by atoms with E-state index in [2.05, 4.69) is 14.9 Å². The van der Waals surface area contributed by atoms with Gasteiger partial charge in [-0.25, -0.2) is 0 Å². The van der Waals surface area contributed by atoms with Gasteiger partial charge in [-0.1, -0.05) is 28.8 Å². The normalized spacial score (nSPS) is 18.5. The maximum atomic E-state index is 13.2. The molecule has 1 aliphatic rings. The molecule has 0 saturated carbocycles. The predicted octanol–water partition coefficient (Wildman–Crippen LogP) is 5.23. The van der Waals surface area contributed by atoms with Gasteiger partial charge in [-0.3, -0.25) is 4.79 Å². The van der Waals surface area contributed by atoms with Crippen LogP contribution < -0.4 is 14.9 Å². The SMILES string of the molecule is COc1cc(OC)c2c(=O)cc(-c3ccccc3Cl)oc2c1C1CCN(C)C1CN=[N+]=[N-]. The van der Waals surface area contributed by atoms with Crippen LogP contribution in [0.15, 0.2) is 50.7 Å². The summed E-state index contributed by atoms with van der Waals surface area (Å²) in [6.07, 6.45) is 0.792. The van der Waals surface area contributed by atoms with Gasteiger partial charge in [0.2, 0.25) is 0 Å². The third kappa shape index (κ3) is 3.77. The Morgan fingerprint density at radius 1 is 1.25 bits per heavy atom. The van der Waals surface area contributed by atoms with E-state index in [1.54, 1.807) is 25.3 Å². The van der Waals surface area contributed by atoms with Crippen LogP contribution in [0.3, 0.4) is 0 Å². The van der Waals surface area contributed by atoms with Crippen molar-refractivity contribution < 1.29 is 13.9 Å². The number of benzene rings is 2. The van der Waals surface area contributed by atoms with Crippen LogP contribution in [-0.2, 0) is 0 Å². The second kappa shape index (κ2) is 9.12. The van der Waals surface area contributed by atoms with E-state index in [4.69, 9.17) is 31.0 Å². The molecule has 1 aromatic heterocycles. The van der Waals surface area contributed by atoms with Crippen LogP contribution in [0.2, 0.25) is 5.02 Å². The molecule has 2 unspecified atom stereocenters. The highest BCUT2D eigenvalue weighted by molar-refractivity contribution is 6.33. The molecule has 1 fully saturated rings. The first-order chi connectivity index (χ1) is 15.5. The molecule has 2 heterocycles. The maximum absolute atomic E-state index is 13.2. The number of nitrogens with zero attached hydrogens (tertiary/aromatic N) is 4. The van der Waals surface area contributed by atoms with E-state index in [0.29, 0.717) is 45.4 Å². The van der Waals surface area contributed by atoms with Crippen molar-refractivity contribution in [3.8, 4) is 22.8 Å². The fourth-order valence-electron chi connectivity index (χ4n) is 4.50. The monoisotopic (exact) mass is 454 g/mol. The zero-order chi connectivity index (χ0) is 22.8. The highest BCUT2D eigenvalue weighted by Gasteiger charge is 2.37. The van der Waals surface area contributed by atoms with Crippen molar-refractivity contribution in [2.24, 2.45) is 5.11 Å².